The molecule has 1 fully saturated rings. The Kier molecular flexibility index (Phi) is 5.07. The average molecular weight is 291 g/mol. The lowest BCUT2D eigenvalue weighted by molar-refractivity contribution is 0.0601. The van der Waals surface area contributed by atoms with Gasteiger partial charge >= 0.3 is 5.97 Å². The van der Waals surface area contributed by atoms with Crippen LogP contribution in [0.25, 0.3) is 0 Å². The van der Waals surface area contributed by atoms with Crippen LogP contribution in [-0.4, -0.2) is 50.2 Å². The van der Waals surface area contributed by atoms with Crippen LogP contribution in [0.15, 0.2) is 18.2 Å². The Balaban J connectivity index is 2.11. The summed E-state index contributed by atoms with van der Waals surface area (Å²) in [5, 5.41) is 0. The number of methoxy groups -OCH3 is 1. The predicted octanol–water partition coefficient (Wildman–Crippen LogP) is 1.98. The van der Waals surface area contributed by atoms with Crippen LogP contribution in [0.2, 0.25) is 0 Å². The Morgan fingerprint density at radius 1 is 1.33 bits per heavy atom. The molecule has 1 unspecified atom stereocenters. The fraction of sp³-hybridized carbons (Fsp3) is 0.562. The van der Waals surface area contributed by atoms with Crippen LogP contribution < -0.4 is 10.6 Å². The molecule has 0 aliphatic carbocycles. The molecule has 5 nitrogen and oxygen atoms in total. The van der Waals surface area contributed by atoms with E-state index in [1.165, 1.54) is 13.5 Å². The van der Waals surface area contributed by atoms with Crippen molar-refractivity contribution in [1.82, 2.24) is 4.90 Å². The Labute approximate surface area is 126 Å². The maximum atomic E-state index is 11.7. The molecule has 0 amide bonds. The first-order chi connectivity index (χ1) is 10.1. The van der Waals surface area contributed by atoms with Crippen molar-refractivity contribution >= 4 is 17.3 Å². The second kappa shape index (κ2) is 6.80. The highest BCUT2D eigenvalue weighted by molar-refractivity contribution is 5.92. The highest BCUT2D eigenvalue weighted by Gasteiger charge is 2.22. The maximum absolute atomic E-state index is 11.7. The first kappa shape index (κ1) is 15.6. The van der Waals surface area contributed by atoms with E-state index in [2.05, 4.69) is 23.6 Å². The highest BCUT2D eigenvalue weighted by Crippen LogP contribution is 2.26. The van der Waals surface area contributed by atoms with Crippen LogP contribution in [0.1, 0.15) is 30.6 Å². The van der Waals surface area contributed by atoms with E-state index in [9.17, 15) is 4.79 Å². The maximum Gasteiger partial charge on any atom is 0.337 e. The van der Waals surface area contributed by atoms with Gasteiger partial charge in [-0.05, 0) is 31.5 Å². The summed E-state index contributed by atoms with van der Waals surface area (Å²) in [4.78, 5) is 16.4. The molecule has 1 atom stereocenters. The quantitative estimate of drug-likeness (QED) is 0.679. The van der Waals surface area contributed by atoms with E-state index in [0.29, 0.717) is 17.3 Å². The van der Waals surface area contributed by atoms with E-state index in [-0.39, 0.29) is 5.97 Å². The second-order valence-electron chi connectivity index (χ2n) is 5.55. The summed E-state index contributed by atoms with van der Waals surface area (Å²) in [5.41, 5.74) is 8.26. The molecule has 21 heavy (non-hydrogen) atoms. The number of nitrogens with zero attached hydrogens (tertiary/aromatic N) is 2. The van der Waals surface area contributed by atoms with Crippen molar-refractivity contribution in [2.75, 3.05) is 43.9 Å². The van der Waals surface area contributed by atoms with E-state index in [1.54, 1.807) is 12.1 Å². The number of benzene rings is 1. The molecular weight excluding hydrogens is 266 g/mol. The molecule has 2 rings (SSSR count). The van der Waals surface area contributed by atoms with Crippen molar-refractivity contribution in [1.29, 1.82) is 0 Å². The second-order valence-corrected chi connectivity index (χ2v) is 5.55. The van der Waals surface area contributed by atoms with Crippen molar-refractivity contribution in [3.8, 4) is 0 Å². The number of rotatable bonds is 4. The van der Waals surface area contributed by atoms with Crippen LogP contribution in [0.4, 0.5) is 11.4 Å². The number of anilines is 2. The zero-order chi connectivity index (χ0) is 15.4. The van der Waals surface area contributed by atoms with Crippen LogP contribution >= 0.6 is 0 Å². The normalized spacial score (nSPS) is 17.6. The Hall–Kier alpha value is -1.75. The first-order valence-corrected chi connectivity index (χ1v) is 7.53. The van der Waals surface area contributed by atoms with Gasteiger partial charge in [-0.15, -0.1) is 0 Å². The Morgan fingerprint density at radius 2 is 2.00 bits per heavy atom. The molecule has 1 aromatic carbocycles. The molecule has 2 N–H and O–H groups in total. The topological polar surface area (TPSA) is 58.8 Å². The van der Waals surface area contributed by atoms with Crippen LogP contribution in [0.3, 0.4) is 0 Å². The lowest BCUT2D eigenvalue weighted by Gasteiger charge is -2.39. The zero-order valence-corrected chi connectivity index (χ0v) is 13.1. The molecule has 116 valence electrons. The van der Waals surface area contributed by atoms with Gasteiger partial charge < -0.3 is 15.4 Å². The highest BCUT2D eigenvalue weighted by atomic mass is 16.5. The van der Waals surface area contributed by atoms with Gasteiger partial charge in [-0.2, -0.15) is 0 Å². The van der Waals surface area contributed by atoms with Gasteiger partial charge in [0.15, 0.2) is 0 Å². The smallest absolute Gasteiger partial charge is 0.337 e. The molecule has 0 radical (unpaired) electrons. The van der Waals surface area contributed by atoms with E-state index in [0.717, 1.165) is 31.9 Å². The van der Waals surface area contributed by atoms with E-state index >= 15 is 0 Å². The number of nitrogens with two attached hydrogens (primary N) is 1. The summed E-state index contributed by atoms with van der Waals surface area (Å²) in [7, 11) is 1.39. The number of nitrogen functional groups attached to an aromatic ring is 1. The Bertz CT molecular complexity index is 496. The van der Waals surface area contributed by atoms with E-state index in [4.69, 9.17) is 10.5 Å². The molecule has 1 aliphatic rings. The van der Waals surface area contributed by atoms with Gasteiger partial charge in [-0.25, -0.2) is 4.79 Å². The number of esters is 1. The van der Waals surface area contributed by atoms with Gasteiger partial charge in [0, 0.05) is 32.2 Å². The van der Waals surface area contributed by atoms with Crippen molar-refractivity contribution < 1.29 is 9.53 Å². The minimum atomic E-state index is -0.325. The van der Waals surface area contributed by atoms with Gasteiger partial charge in [0.2, 0.25) is 0 Å². The van der Waals surface area contributed by atoms with Crippen molar-refractivity contribution in [3.63, 3.8) is 0 Å². The molecule has 0 spiro atoms. The zero-order valence-electron chi connectivity index (χ0n) is 13.1. The van der Waals surface area contributed by atoms with E-state index < -0.39 is 0 Å². The van der Waals surface area contributed by atoms with Crippen LogP contribution in [-0.2, 0) is 4.74 Å². The molecule has 1 saturated heterocycles. The van der Waals surface area contributed by atoms with Crippen molar-refractivity contribution in [3.05, 3.63) is 23.8 Å². The largest absolute Gasteiger partial charge is 0.465 e. The lowest BCUT2D eigenvalue weighted by atomic mass is 10.1. The summed E-state index contributed by atoms with van der Waals surface area (Å²) >= 11 is 0. The minimum Gasteiger partial charge on any atom is -0.465 e. The van der Waals surface area contributed by atoms with E-state index in [1.807, 2.05) is 6.07 Å². The summed E-state index contributed by atoms with van der Waals surface area (Å²) in [6.07, 6.45) is 1.17. The number of carbonyl (C=O) groups is 1. The average Bonchev–Trinajstić information content (AvgIpc) is 2.54. The number of carbonyl (C=O) groups excluding carboxylic acids is 1. The number of ether oxygens (including phenoxy) is 1. The van der Waals surface area contributed by atoms with Gasteiger partial charge in [-0.1, -0.05) is 6.92 Å². The van der Waals surface area contributed by atoms with Crippen LogP contribution in [0.5, 0.6) is 0 Å². The third-order valence-electron chi connectivity index (χ3n) is 4.32. The van der Waals surface area contributed by atoms with Crippen LogP contribution in [0, 0.1) is 0 Å². The lowest BCUT2D eigenvalue weighted by Crippen LogP contribution is -2.49. The molecule has 0 bridgehead atoms. The van der Waals surface area contributed by atoms with Crippen molar-refractivity contribution in [2.24, 2.45) is 0 Å². The summed E-state index contributed by atoms with van der Waals surface area (Å²) in [6.45, 7) is 8.39. The first-order valence-electron chi connectivity index (χ1n) is 7.53. The molecular formula is C16H25N3O2. The molecule has 1 heterocycles. The molecule has 5 heteroatoms. The monoisotopic (exact) mass is 291 g/mol. The third kappa shape index (κ3) is 3.47. The summed E-state index contributed by atoms with van der Waals surface area (Å²) < 4.78 is 4.78. The standard InChI is InChI=1S/C16H25N3O2/c1-4-12(2)18-7-9-19(10-8-18)15-11-13(16(20)21-3)5-6-14(15)17/h5-6,11-12H,4,7-10,17H2,1-3H3. The number of hydrogen-bond acceptors (Lipinski definition) is 5. The fourth-order valence-corrected chi connectivity index (χ4v) is 2.72. The molecule has 1 aromatic rings. The van der Waals surface area contributed by atoms with Gasteiger partial charge in [0.1, 0.15) is 0 Å². The fourth-order valence-electron chi connectivity index (χ4n) is 2.72. The summed E-state index contributed by atoms with van der Waals surface area (Å²) in [6, 6.07) is 5.94. The predicted molar refractivity (Wildman–Crippen MR) is 85.7 cm³/mol. The number of piperazine rings is 1. The van der Waals surface area contributed by atoms with Gasteiger partial charge in [0.25, 0.3) is 0 Å². The molecule has 0 saturated carbocycles. The number of hydrogen-bond donors (Lipinski definition) is 1. The molecule has 0 aromatic heterocycles. The van der Waals surface area contributed by atoms with Gasteiger partial charge in [0.05, 0.1) is 24.0 Å². The SMILES string of the molecule is CCC(C)N1CCN(c2cc(C(=O)OC)ccc2N)CC1. The molecule has 1 aliphatic heterocycles. The van der Waals surface area contributed by atoms with Gasteiger partial charge in [-0.3, -0.25) is 4.90 Å². The minimum absolute atomic E-state index is 0.325. The Morgan fingerprint density at radius 3 is 2.57 bits per heavy atom. The van der Waals surface area contributed by atoms with Crippen molar-refractivity contribution in [2.45, 2.75) is 26.3 Å². The summed E-state index contributed by atoms with van der Waals surface area (Å²) in [5.74, 6) is -0.325. The third-order valence-corrected chi connectivity index (χ3v) is 4.32.